The number of aromatic nitrogens is 1. The van der Waals surface area contributed by atoms with Crippen LogP contribution in [0.3, 0.4) is 0 Å². The number of nitrogens with two attached hydrogens (primary N) is 1. The van der Waals surface area contributed by atoms with E-state index in [-0.39, 0.29) is 17.2 Å². The van der Waals surface area contributed by atoms with E-state index in [2.05, 4.69) is 26.9 Å². The van der Waals surface area contributed by atoms with Crippen molar-refractivity contribution < 1.29 is 0 Å². The first-order valence-electron chi connectivity index (χ1n) is 9.44. The monoisotopic (exact) mass is 349 g/mol. The van der Waals surface area contributed by atoms with Crippen molar-refractivity contribution in [2.45, 2.75) is 31.7 Å². The SMILES string of the molecule is N#Cc1c(N2CCC3(CC2)CC3)c2cc(N3CC(N)C3)ccc2[nH]c1=O. The van der Waals surface area contributed by atoms with Crippen molar-refractivity contribution in [3.8, 4) is 6.07 Å². The predicted molar refractivity (Wildman–Crippen MR) is 103 cm³/mol. The molecule has 5 rings (SSSR count). The van der Waals surface area contributed by atoms with Crippen molar-refractivity contribution in [2.24, 2.45) is 11.1 Å². The molecule has 3 N–H and O–H groups in total. The number of aromatic amines is 1. The van der Waals surface area contributed by atoms with Crippen molar-refractivity contribution in [3.63, 3.8) is 0 Å². The molecule has 1 aromatic carbocycles. The van der Waals surface area contributed by atoms with E-state index >= 15 is 0 Å². The second-order valence-electron chi connectivity index (χ2n) is 8.17. The fourth-order valence-corrected chi connectivity index (χ4v) is 4.50. The number of nitrogens with zero attached hydrogens (tertiary/aromatic N) is 3. The van der Waals surface area contributed by atoms with E-state index in [0.29, 0.717) is 5.41 Å². The standard InChI is InChI=1S/C20H23N5O/c21-10-16-18(24-7-5-20(3-4-20)6-8-24)15-9-14(25-11-13(22)12-25)1-2-17(15)23-19(16)26/h1-2,9,13H,3-8,11-12,22H2,(H,23,26). The average Bonchev–Trinajstić information content (AvgIpc) is 3.37. The van der Waals surface area contributed by atoms with Gasteiger partial charge in [-0.05, 0) is 49.3 Å². The number of anilines is 2. The van der Waals surface area contributed by atoms with Crippen molar-refractivity contribution in [1.82, 2.24) is 4.98 Å². The van der Waals surface area contributed by atoms with Gasteiger partial charge >= 0.3 is 0 Å². The Morgan fingerprint density at radius 3 is 2.50 bits per heavy atom. The Morgan fingerprint density at radius 2 is 1.88 bits per heavy atom. The van der Waals surface area contributed by atoms with E-state index in [1.54, 1.807) is 0 Å². The Kier molecular flexibility index (Phi) is 3.32. The minimum absolute atomic E-state index is 0.229. The number of rotatable bonds is 2. The van der Waals surface area contributed by atoms with Gasteiger partial charge in [0.25, 0.3) is 5.56 Å². The van der Waals surface area contributed by atoms with Gasteiger partial charge in [0.2, 0.25) is 0 Å². The average molecular weight is 349 g/mol. The lowest BCUT2D eigenvalue weighted by atomic mass is 9.92. The summed E-state index contributed by atoms with van der Waals surface area (Å²) in [6, 6.07) is 8.46. The quantitative estimate of drug-likeness (QED) is 0.865. The molecule has 134 valence electrons. The zero-order valence-electron chi connectivity index (χ0n) is 14.8. The third kappa shape index (κ3) is 2.38. The number of nitriles is 1. The Hall–Kier alpha value is -2.52. The zero-order chi connectivity index (χ0) is 17.9. The van der Waals surface area contributed by atoms with Crippen molar-refractivity contribution in [1.29, 1.82) is 5.26 Å². The molecule has 1 spiro atoms. The van der Waals surface area contributed by atoms with Gasteiger partial charge in [0.1, 0.15) is 11.6 Å². The van der Waals surface area contributed by atoms with Gasteiger partial charge in [-0.15, -0.1) is 0 Å². The topological polar surface area (TPSA) is 89.2 Å². The summed E-state index contributed by atoms with van der Waals surface area (Å²) in [6.07, 6.45) is 4.99. The molecule has 3 heterocycles. The summed E-state index contributed by atoms with van der Waals surface area (Å²) in [7, 11) is 0. The van der Waals surface area contributed by atoms with Crippen LogP contribution in [-0.4, -0.2) is 37.2 Å². The van der Waals surface area contributed by atoms with Gasteiger partial charge in [-0.25, -0.2) is 0 Å². The predicted octanol–water partition coefficient (Wildman–Crippen LogP) is 1.93. The number of fused-ring (bicyclic) bond motifs is 1. The maximum Gasteiger partial charge on any atom is 0.268 e. The number of nitrogens with one attached hydrogen (secondary N) is 1. The molecule has 26 heavy (non-hydrogen) atoms. The fourth-order valence-electron chi connectivity index (χ4n) is 4.50. The molecule has 6 heteroatoms. The largest absolute Gasteiger partial charge is 0.370 e. The number of benzene rings is 1. The Balaban J connectivity index is 1.62. The highest BCUT2D eigenvalue weighted by Gasteiger charge is 2.44. The van der Waals surface area contributed by atoms with Gasteiger partial charge in [0.05, 0.1) is 11.2 Å². The normalized spacial score (nSPS) is 21.7. The molecule has 0 radical (unpaired) electrons. The first kappa shape index (κ1) is 15.7. The second kappa shape index (κ2) is 5.49. The number of hydrogen-bond acceptors (Lipinski definition) is 5. The Bertz CT molecular complexity index is 968. The van der Waals surface area contributed by atoms with Crippen molar-refractivity contribution >= 4 is 22.3 Å². The molecule has 2 aliphatic heterocycles. The van der Waals surface area contributed by atoms with Crippen LogP contribution < -0.4 is 21.1 Å². The molecule has 0 bridgehead atoms. The summed E-state index contributed by atoms with van der Waals surface area (Å²) in [5, 5.41) is 10.6. The lowest BCUT2D eigenvalue weighted by Crippen LogP contribution is -2.55. The summed E-state index contributed by atoms with van der Waals surface area (Å²) < 4.78 is 0. The molecule has 2 aromatic rings. The van der Waals surface area contributed by atoms with Crippen LogP contribution in [-0.2, 0) is 0 Å². The molecule has 6 nitrogen and oxygen atoms in total. The molecule has 1 saturated carbocycles. The van der Waals surface area contributed by atoms with Gasteiger partial charge < -0.3 is 20.5 Å². The maximum atomic E-state index is 12.5. The van der Waals surface area contributed by atoms with Crippen LogP contribution in [0.15, 0.2) is 23.0 Å². The van der Waals surface area contributed by atoms with Crippen LogP contribution in [0.2, 0.25) is 0 Å². The third-order valence-electron chi connectivity index (χ3n) is 6.45. The second-order valence-corrected chi connectivity index (χ2v) is 8.17. The maximum absolute atomic E-state index is 12.5. The lowest BCUT2D eigenvalue weighted by molar-refractivity contribution is 0.385. The van der Waals surface area contributed by atoms with Gasteiger partial charge in [0.15, 0.2) is 0 Å². The van der Waals surface area contributed by atoms with Crippen LogP contribution in [0.25, 0.3) is 10.9 Å². The summed E-state index contributed by atoms with van der Waals surface area (Å²) in [5.41, 5.74) is 9.14. The first-order valence-corrected chi connectivity index (χ1v) is 9.44. The Labute approximate surface area is 152 Å². The molecule has 1 aliphatic carbocycles. The number of hydrogen-bond donors (Lipinski definition) is 2. The summed E-state index contributed by atoms with van der Waals surface area (Å²) in [4.78, 5) is 19.8. The molecule has 3 aliphatic rings. The van der Waals surface area contributed by atoms with E-state index in [0.717, 1.165) is 61.3 Å². The number of pyridine rings is 1. The summed E-state index contributed by atoms with van der Waals surface area (Å²) >= 11 is 0. The molecule has 2 saturated heterocycles. The minimum atomic E-state index is -0.291. The van der Waals surface area contributed by atoms with E-state index in [1.165, 1.54) is 12.8 Å². The molecular formula is C20H23N5O. The smallest absolute Gasteiger partial charge is 0.268 e. The summed E-state index contributed by atoms with van der Waals surface area (Å²) in [6.45, 7) is 3.54. The van der Waals surface area contributed by atoms with Gasteiger partial charge in [-0.1, -0.05) is 0 Å². The van der Waals surface area contributed by atoms with Gasteiger partial charge in [-0.3, -0.25) is 4.79 Å². The van der Waals surface area contributed by atoms with Crippen LogP contribution >= 0.6 is 0 Å². The van der Waals surface area contributed by atoms with E-state index in [1.807, 2.05) is 12.1 Å². The molecule has 0 unspecified atom stereocenters. The lowest BCUT2D eigenvalue weighted by Gasteiger charge is -2.39. The van der Waals surface area contributed by atoms with Gasteiger partial charge in [-0.2, -0.15) is 5.26 Å². The van der Waals surface area contributed by atoms with E-state index < -0.39 is 0 Å². The minimum Gasteiger partial charge on any atom is -0.370 e. The number of H-pyrrole nitrogens is 1. The van der Waals surface area contributed by atoms with Gasteiger partial charge in [0, 0.05) is 43.3 Å². The molecule has 0 atom stereocenters. The van der Waals surface area contributed by atoms with Crippen LogP contribution in [0.4, 0.5) is 11.4 Å². The Morgan fingerprint density at radius 1 is 1.15 bits per heavy atom. The third-order valence-corrected chi connectivity index (χ3v) is 6.45. The molecule has 1 aromatic heterocycles. The number of piperidine rings is 1. The summed E-state index contributed by atoms with van der Waals surface area (Å²) in [5.74, 6) is 0. The highest BCUT2D eigenvalue weighted by Crippen LogP contribution is 2.54. The molecule has 0 amide bonds. The highest BCUT2D eigenvalue weighted by atomic mass is 16.1. The van der Waals surface area contributed by atoms with Crippen LogP contribution in [0.1, 0.15) is 31.2 Å². The van der Waals surface area contributed by atoms with Crippen molar-refractivity contribution in [3.05, 3.63) is 34.1 Å². The van der Waals surface area contributed by atoms with E-state index in [9.17, 15) is 10.1 Å². The molecule has 3 fully saturated rings. The highest BCUT2D eigenvalue weighted by molar-refractivity contribution is 5.96. The van der Waals surface area contributed by atoms with Crippen molar-refractivity contribution in [2.75, 3.05) is 36.0 Å². The fraction of sp³-hybridized carbons (Fsp3) is 0.500. The zero-order valence-corrected chi connectivity index (χ0v) is 14.8. The van der Waals surface area contributed by atoms with E-state index in [4.69, 9.17) is 5.73 Å². The van der Waals surface area contributed by atoms with Crippen LogP contribution in [0, 0.1) is 16.7 Å². The molecular weight excluding hydrogens is 326 g/mol. The van der Waals surface area contributed by atoms with Crippen LogP contribution in [0.5, 0.6) is 0 Å². The first-order chi connectivity index (χ1) is 12.6.